The largest absolute Gasteiger partial charge is 0.495 e. The zero-order valence-corrected chi connectivity index (χ0v) is 22.0. The minimum atomic E-state index is -0.190. The number of methoxy groups -OCH3 is 1. The fourth-order valence-electron chi connectivity index (χ4n) is 7.03. The molecular formula is C31H33ClN2O3. The van der Waals surface area contributed by atoms with Gasteiger partial charge in [-0.05, 0) is 84.7 Å². The van der Waals surface area contributed by atoms with Crippen molar-refractivity contribution in [2.75, 3.05) is 19.0 Å². The number of halogens is 1. The molecule has 0 unspecified atom stereocenters. The van der Waals surface area contributed by atoms with Gasteiger partial charge in [-0.15, -0.1) is 0 Å². The number of piperidine rings is 1. The second kappa shape index (κ2) is 9.94. The molecule has 37 heavy (non-hydrogen) atoms. The molecule has 1 N–H and O–H groups in total. The third-order valence-electron chi connectivity index (χ3n) is 8.72. The van der Waals surface area contributed by atoms with Gasteiger partial charge in [0.25, 0.3) is 0 Å². The summed E-state index contributed by atoms with van der Waals surface area (Å²) < 4.78 is 11.7. The molecule has 3 aromatic carbocycles. The van der Waals surface area contributed by atoms with Crippen LogP contribution in [-0.2, 0) is 23.2 Å². The third-order valence-corrected chi connectivity index (χ3v) is 8.97. The van der Waals surface area contributed by atoms with Gasteiger partial charge in [0.05, 0.1) is 12.8 Å². The van der Waals surface area contributed by atoms with E-state index in [1.54, 1.807) is 7.11 Å². The maximum atomic E-state index is 13.4. The highest BCUT2D eigenvalue weighted by Gasteiger charge is 2.55. The molecule has 3 aliphatic rings. The molecule has 1 heterocycles. The predicted octanol–water partition coefficient (Wildman–Crippen LogP) is 7.49. The van der Waals surface area contributed by atoms with Crippen LogP contribution in [-0.4, -0.2) is 30.7 Å². The molecule has 0 radical (unpaired) electrons. The lowest BCUT2D eigenvalue weighted by Crippen LogP contribution is -2.62. The molecule has 2 aliphatic carbocycles. The summed E-state index contributed by atoms with van der Waals surface area (Å²) in [6, 6.07) is 22.3. The van der Waals surface area contributed by atoms with Crippen molar-refractivity contribution < 1.29 is 14.3 Å². The smallest absolute Gasteiger partial charge is 0.410 e. The van der Waals surface area contributed by atoms with E-state index >= 15 is 0 Å². The lowest BCUT2D eigenvalue weighted by atomic mass is 9.52. The third kappa shape index (κ3) is 4.44. The molecule has 6 rings (SSSR count). The standard InChI is InChI=1S/C31H33ClN2O3/c1-36-29-19-26-22(17-27(29)33-24-12-10-23(32)11-13-24)18-28-25-9-5-6-14-31(25,26)15-16-34(28)30(35)37-20-21-7-3-2-4-8-21/h2-4,7-8,10-13,17,19,25,28,33H,5-6,9,14-16,18,20H2,1H3/t25-,28+,31+/m1/s1. The summed E-state index contributed by atoms with van der Waals surface area (Å²) in [5.41, 5.74) is 5.73. The van der Waals surface area contributed by atoms with E-state index in [2.05, 4.69) is 17.4 Å². The molecule has 1 amide bonds. The lowest BCUT2D eigenvalue weighted by molar-refractivity contribution is -0.0137. The Morgan fingerprint density at radius 3 is 2.68 bits per heavy atom. The van der Waals surface area contributed by atoms with E-state index in [1.807, 2.05) is 59.5 Å². The number of carbonyl (C=O) groups excluding carboxylic acids is 1. The van der Waals surface area contributed by atoms with Crippen LogP contribution >= 0.6 is 11.6 Å². The molecular weight excluding hydrogens is 484 g/mol. The SMILES string of the molecule is COc1cc2c(cc1Nc1ccc(Cl)cc1)C[C@H]1[C@H]3CCCC[C@@]23CCN1C(=O)OCc1ccccc1. The van der Waals surface area contributed by atoms with Gasteiger partial charge in [-0.2, -0.15) is 0 Å². The number of carbonyl (C=O) groups is 1. The molecule has 2 bridgehead atoms. The van der Waals surface area contributed by atoms with Gasteiger partial charge < -0.3 is 19.7 Å². The highest BCUT2D eigenvalue weighted by molar-refractivity contribution is 6.30. The Balaban J connectivity index is 1.32. The second-order valence-corrected chi connectivity index (χ2v) is 11.0. The van der Waals surface area contributed by atoms with Crippen LogP contribution in [0, 0.1) is 5.92 Å². The summed E-state index contributed by atoms with van der Waals surface area (Å²) in [6.45, 7) is 1.04. The zero-order valence-electron chi connectivity index (χ0n) is 21.2. The number of nitrogens with zero attached hydrogens (tertiary/aromatic N) is 1. The molecule has 3 aromatic rings. The lowest BCUT2D eigenvalue weighted by Gasteiger charge is -2.58. The van der Waals surface area contributed by atoms with Gasteiger partial charge in [0.1, 0.15) is 12.4 Å². The molecule has 2 fully saturated rings. The quantitative estimate of drug-likeness (QED) is 0.381. The Bertz CT molecular complexity index is 1280. The van der Waals surface area contributed by atoms with Gasteiger partial charge >= 0.3 is 6.09 Å². The summed E-state index contributed by atoms with van der Waals surface area (Å²) in [6.07, 6.45) is 6.38. The van der Waals surface area contributed by atoms with Crippen LogP contribution in [0.5, 0.6) is 5.75 Å². The van der Waals surface area contributed by atoms with E-state index in [1.165, 1.54) is 30.4 Å². The fraction of sp³-hybridized carbons (Fsp3) is 0.387. The summed E-state index contributed by atoms with van der Waals surface area (Å²) in [5, 5.41) is 4.23. The minimum Gasteiger partial charge on any atom is -0.495 e. The van der Waals surface area contributed by atoms with E-state index < -0.39 is 0 Å². The highest BCUT2D eigenvalue weighted by atomic mass is 35.5. The number of anilines is 2. The molecule has 1 saturated heterocycles. The maximum absolute atomic E-state index is 13.4. The number of rotatable bonds is 5. The van der Waals surface area contributed by atoms with Crippen LogP contribution in [0.1, 0.15) is 48.8 Å². The monoisotopic (exact) mass is 516 g/mol. The topological polar surface area (TPSA) is 50.8 Å². The average Bonchev–Trinajstić information content (AvgIpc) is 2.93. The first-order valence-corrected chi connectivity index (χ1v) is 13.7. The van der Waals surface area contributed by atoms with Crippen LogP contribution in [0.3, 0.4) is 0 Å². The van der Waals surface area contributed by atoms with Crippen LogP contribution in [0.25, 0.3) is 0 Å². The normalized spacial score (nSPS) is 24.0. The summed E-state index contributed by atoms with van der Waals surface area (Å²) in [5.74, 6) is 1.31. The van der Waals surface area contributed by atoms with E-state index in [0.29, 0.717) is 17.5 Å². The van der Waals surface area contributed by atoms with Crippen molar-refractivity contribution in [1.29, 1.82) is 0 Å². The molecule has 0 spiro atoms. The predicted molar refractivity (Wildman–Crippen MR) is 147 cm³/mol. The van der Waals surface area contributed by atoms with Gasteiger partial charge in [-0.1, -0.05) is 54.8 Å². The Morgan fingerprint density at radius 2 is 1.89 bits per heavy atom. The average molecular weight is 517 g/mol. The number of nitrogens with one attached hydrogen (secondary N) is 1. The number of fused-ring (bicyclic) bond motifs is 1. The Labute approximate surface area is 223 Å². The molecule has 192 valence electrons. The van der Waals surface area contributed by atoms with Crippen molar-refractivity contribution in [3.05, 3.63) is 88.4 Å². The number of amides is 1. The number of benzene rings is 3. The first kappa shape index (κ1) is 24.2. The zero-order chi connectivity index (χ0) is 25.4. The van der Waals surface area contributed by atoms with Crippen LogP contribution in [0.4, 0.5) is 16.2 Å². The molecule has 3 atom stereocenters. The molecule has 0 aromatic heterocycles. The van der Waals surface area contributed by atoms with Crippen LogP contribution < -0.4 is 10.1 Å². The minimum absolute atomic E-state index is 0.0960. The van der Waals surface area contributed by atoms with Gasteiger partial charge in [-0.25, -0.2) is 4.79 Å². The highest BCUT2D eigenvalue weighted by Crippen LogP contribution is 2.57. The van der Waals surface area contributed by atoms with Crippen molar-refractivity contribution in [2.45, 2.75) is 56.6 Å². The van der Waals surface area contributed by atoms with Gasteiger partial charge in [0, 0.05) is 28.7 Å². The van der Waals surface area contributed by atoms with E-state index in [4.69, 9.17) is 21.1 Å². The Morgan fingerprint density at radius 1 is 1.08 bits per heavy atom. The molecule has 1 saturated carbocycles. The van der Waals surface area contributed by atoms with Crippen molar-refractivity contribution in [2.24, 2.45) is 5.92 Å². The van der Waals surface area contributed by atoms with Crippen molar-refractivity contribution in [3.8, 4) is 5.75 Å². The number of hydrogen-bond donors (Lipinski definition) is 1. The van der Waals surface area contributed by atoms with Crippen molar-refractivity contribution in [3.63, 3.8) is 0 Å². The second-order valence-electron chi connectivity index (χ2n) is 10.6. The maximum Gasteiger partial charge on any atom is 0.410 e. The van der Waals surface area contributed by atoms with Gasteiger partial charge in [0.15, 0.2) is 0 Å². The molecule has 1 aliphatic heterocycles. The van der Waals surface area contributed by atoms with Crippen LogP contribution in [0.2, 0.25) is 5.02 Å². The van der Waals surface area contributed by atoms with Crippen molar-refractivity contribution in [1.82, 2.24) is 4.90 Å². The van der Waals surface area contributed by atoms with E-state index in [0.717, 1.165) is 48.5 Å². The first-order chi connectivity index (χ1) is 18.1. The summed E-state index contributed by atoms with van der Waals surface area (Å²) >= 11 is 6.09. The number of hydrogen-bond acceptors (Lipinski definition) is 4. The Hall–Kier alpha value is -3.18. The Kier molecular flexibility index (Phi) is 6.49. The fourth-order valence-corrected chi connectivity index (χ4v) is 7.15. The molecule has 5 nitrogen and oxygen atoms in total. The first-order valence-electron chi connectivity index (χ1n) is 13.3. The van der Waals surface area contributed by atoms with E-state index in [9.17, 15) is 4.79 Å². The van der Waals surface area contributed by atoms with Crippen LogP contribution in [0.15, 0.2) is 66.7 Å². The number of ether oxygens (including phenoxy) is 2. The van der Waals surface area contributed by atoms with Gasteiger partial charge in [0.2, 0.25) is 0 Å². The molecule has 6 heteroatoms. The summed E-state index contributed by atoms with van der Waals surface area (Å²) in [7, 11) is 1.74. The number of likely N-dealkylation sites (tertiary alicyclic amines) is 1. The van der Waals surface area contributed by atoms with Gasteiger partial charge in [-0.3, -0.25) is 0 Å². The van der Waals surface area contributed by atoms with E-state index in [-0.39, 0.29) is 17.6 Å². The van der Waals surface area contributed by atoms with Crippen molar-refractivity contribution >= 4 is 29.1 Å². The summed E-state index contributed by atoms with van der Waals surface area (Å²) in [4.78, 5) is 15.4.